The van der Waals surface area contributed by atoms with Gasteiger partial charge >= 0.3 is 0 Å². The van der Waals surface area contributed by atoms with Crippen LogP contribution in [0.2, 0.25) is 0 Å². The first-order valence-electron chi connectivity index (χ1n) is 7.26. The summed E-state index contributed by atoms with van der Waals surface area (Å²) in [6.45, 7) is 7.36. The number of aromatic nitrogens is 2. The van der Waals surface area contributed by atoms with Crippen molar-refractivity contribution < 1.29 is 4.74 Å². The molecule has 1 unspecified atom stereocenters. The molecule has 0 saturated heterocycles. The quantitative estimate of drug-likeness (QED) is 0.802. The van der Waals surface area contributed by atoms with E-state index in [-0.39, 0.29) is 0 Å². The van der Waals surface area contributed by atoms with Crippen molar-refractivity contribution in [2.45, 2.75) is 39.7 Å². The highest BCUT2D eigenvalue weighted by Crippen LogP contribution is 2.25. The molecule has 2 aromatic rings. The maximum absolute atomic E-state index is 5.77. The summed E-state index contributed by atoms with van der Waals surface area (Å²) < 4.78 is 5.77. The molecule has 4 heteroatoms. The first kappa shape index (κ1) is 14.6. The van der Waals surface area contributed by atoms with E-state index in [1.807, 2.05) is 25.1 Å². The molecule has 108 valence electrons. The van der Waals surface area contributed by atoms with E-state index < -0.39 is 0 Å². The second-order valence-corrected chi connectivity index (χ2v) is 4.98. The van der Waals surface area contributed by atoms with Crippen LogP contribution >= 0.6 is 0 Å². The molecule has 1 atom stereocenters. The van der Waals surface area contributed by atoms with Crippen molar-refractivity contribution in [1.82, 2.24) is 15.5 Å². The van der Waals surface area contributed by atoms with Crippen LogP contribution in [0.15, 0.2) is 30.3 Å². The number of aryl methyl sites for hydroxylation is 1. The van der Waals surface area contributed by atoms with E-state index in [0.717, 1.165) is 30.8 Å². The Labute approximate surface area is 120 Å². The van der Waals surface area contributed by atoms with Gasteiger partial charge in [-0.1, -0.05) is 26.0 Å². The largest absolute Gasteiger partial charge is 0.438 e. The molecule has 0 amide bonds. The summed E-state index contributed by atoms with van der Waals surface area (Å²) >= 11 is 0. The van der Waals surface area contributed by atoms with Crippen LogP contribution in [-0.2, 0) is 0 Å². The van der Waals surface area contributed by atoms with Gasteiger partial charge in [0.1, 0.15) is 5.75 Å². The van der Waals surface area contributed by atoms with E-state index in [4.69, 9.17) is 4.74 Å². The zero-order valence-corrected chi connectivity index (χ0v) is 12.4. The molecular weight excluding hydrogens is 250 g/mol. The second kappa shape index (κ2) is 7.10. The Bertz CT molecular complexity index is 536. The molecule has 0 aliphatic carbocycles. The van der Waals surface area contributed by atoms with E-state index in [1.54, 1.807) is 0 Å². The van der Waals surface area contributed by atoms with E-state index in [9.17, 15) is 0 Å². The van der Waals surface area contributed by atoms with Crippen LogP contribution in [-0.4, -0.2) is 16.7 Å². The van der Waals surface area contributed by atoms with Gasteiger partial charge in [-0.25, -0.2) is 0 Å². The van der Waals surface area contributed by atoms with Gasteiger partial charge in [-0.15, -0.1) is 5.10 Å². The third-order valence-corrected chi connectivity index (χ3v) is 3.21. The maximum Gasteiger partial charge on any atom is 0.238 e. The van der Waals surface area contributed by atoms with Crippen molar-refractivity contribution in [2.75, 3.05) is 6.54 Å². The fourth-order valence-electron chi connectivity index (χ4n) is 2.18. The Balaban J connectivity index is 2.10. The molecule has 1 aromatic heterocycles. The standard InChI is InChI=1S/C16H23N3O/c1-4-9-17-15(5-2)13-7-6-8-14(11-13)20-16-10-12(3)18-19-16/h6-8,10-11,15,17H,4-5,9H2,1-3H3,(H,18,19). The second-order valence-electron chi connectivity index (χ2n) is 4.98. The van der Waals surface area contributed by atoms with Crippen LogP contribution in [0, 0.1) is 6.92 Å². The highest BCUT2D eigenvalue weighted by molar-refractivity contribution is 5.33. The summed E-state index contributed by atoms with van der Waals surface area (Å²) in [5, 5.41) is 10.5. The summed E-state index contributed by atoms with van der Waals surface area (Å²) in [5.41, 5.74) is 2.25. The Morgan fingerprint density at radius 1 is 1.30 bits per heavy atom. The van der Waals surface area contributed by atoms with Crippen molar-refractivity contribution in [3.8, 4) is 11.6 Å². The molecule has 0 bridgehead atoms. The average molecular weight is 273 g/mol. The summed E-state index contributed by atoms with van der Waals surface area (Å²) in [7, 11) is 0. The predicted molar refractivity (Wildman–Crippen MR) is 81.2 cm³/mol. The average Bonchev–Trinajstić information content (AvgIpc) is 2.85. The van der Waals surface area contributed by atoms with Crippen molar-refractivity contribution in [2.24, 2.45) is 0 Å². The zero-order valence-electron chi connectivity index (χ0n) is 12.4. The monoisotopic (exact) mass is 273 g/mol. The molecule has 1 heterocycles. The van der Waals surface area contributed by atoms with E-state index in [0.29, 0.717) is 11.9 Å². The lowest BCUT2D eigenvalue weighted by Gasteiger charge is -2.17. The van der Waals surface area contributed by atoms with E-state index >= 15 is 0 Å². The summed E-state index contributed by atoms with van der Waals surface area (Å²) in [6, 6.07) is 10.5. The molecule has 2 N–H and O–H groups in total. The lowest BCUT2D eigenvalue weighted by atomic mass is 10.0. The highest BCUT2D eigenvalue weighted by atomic mass is 16.5. The van der Waals surface area contributed by atoms with Gasteiger partial charge in [0.05, 0.1) is 0 Å². The van der Waals surface area contributed by atoms with Crippen molar-refractivity contribution in [3.05, 3.63) is 41.6 Å². The highest BCUT2D eigenvalue weighted by Gasteiger charge is 2.09. The Morgan fingerprint density at radius 3 is 2.80 bits per heavy atom. The van der Waals surface area contributed by atoms with Gasteiger partial charge in [0.2, 0.25) is 5.88 Å². The number of benzene rings is 1. The molecular formula is C16H23N3O. The molecule has 0 radical (unpaired) electrons. The van der Waals surface area contributed by atoms with E-state index in [1.165, 1.54) is 5.56 Å². The minimum absolute atomic E-state index is 0.374. The molecule has 0 aliphatic rings. The van der Waals surface area contributed by atoms with E-state index in [2.05, 4.69) is 41.5 Å². The molecule has 0 aliphatic heterocycles. The topological polar surface area (TPSA) is 49.9 Å². The number of ether oxygens (including phenoxy) is 1. The Kier molecular flexibility index (Phi) is 5.18. The minimum Gasteiger partial charge on any atom is -0.438 e. The van der Waals surface area contributed by atoms with Crippen molar-refractivity contribution in [1.29, 1.82) is 0 Å². The summed E-state index contributed by atoms with van der Waals surface area (Å²) in [4.78, 5) is 0. The van der Waals surface area contributed by atoms with Crippen LogP contribution in [0.5, 0.6) is 11.6 Å². The summed E-state index contributed by atoms with van der Waals surface area (Å²) in [6.07, 6.45) is 2.20. The molecule has 0 spiro atoms. The van der Waals surface area contributed by atoms with Gasteiger partial charge in [0.15, 0.2) is 0 Å². The number of H-pyrrole nitrogens is 1. The number of hydrogen-bond acceptors (Lipinski definition) is 3. The first-order valence-corrected chi connectivity index (χ1v) is 7.26. The number of aromatic amines is 1. The smallest absolute Gasteiger partial charge is 0.238 e. The number of nitrogens with one attached hydrogen (secondary N) is 2. The molecule has 20 heavy (non-hydrogen) atoms. The van der Waals surface area contributed by atoms with Crippen LogP contribution < -0.4 is 10.1 Å². The minimum atomic E-state index is 0.374. The fourth-order valence-corrected chi connectivity index (χ4v) is 2.18. The number of rotatable bonds is 7. The van der Waals surface area contributed by atoms with Gasteiger partial charge in [-0.2, -0.15) is 0 Å². The van der Waals surface area contributed by atoms with Crippen LogP contribution in [0.1, 0.15) is 44.0 Å². The van der Waals surface area contributed by atoms with Crippen LogP contribution in [0.25, 0.3) is 0 Å². The van der Waals surface area contributed by atoms with Gasteiger partial charge < -0.3 is 10.1 Å². The van der Waals surface area contributed by atoms with Gasteiger partial charge in [-0.05, 0) is 44.0 Å². The number of hydrogen-bond donors (Lipinski definition) is 2. The Morgan fingerprint density at radius 2 is 2.15 bits per heavy atom. The normalized spacial score (nSPS) is 12.3. The summed E-state index contributed by atoms with van der Waals surface area (Å²) in [5.74, 6) is 1.43. The van der Waals surface area contributed by atoms with Gasteiger partial charge in [0, 0.05) is 17.8 Å². The first-order chi connectivity index (χ1) is 9.72. The van der Waals surface area contributed by atoms with Crippen LogP contribution in [0.3, 0.4) is 0 Å². The van der Waals surface area contributed by atoms with Crippen molar-refractivity contribution in [3.63, 3.8) is 0 Å². The Hall–Kier alpha value is -1.81. The third-order valence-electron chi connectivity index (χ3n) is 3.21. The lowest BCUT2D eigenvalue weighted by Crippen LogP contribution is -2.21. The van der Waals surface area contributed by atoms with Gasteiger partial charge in [-0.3, -0.25) is 5.10 Å². The van der Waals surface area contributed by atoms with Crippen LogP contribution in [0.4, 0.5) is 0 Å². The lowest BCUT2D eigenvalue weighted by molar-refractivity contribution is 0.457. The molecule has 0 saturated carbocycles. The zero-order chi connectivity index (χ0) is 14.4. The SMILES string of the molecule is CCCNC(CC)c1cccc(Oc2cc(C)[nH]n2)c1. The fraction of sp³-hybridized carbons (Fsp3) is 0.438. The molecule has 1 aromatic carbocycles. The third kappa shape index (κ3) is 3.84. The maximum atomic E-state index is 5.77. The van der Waals surface area contributed by atoms with Crippen molar-refractivity contribution >= 4 is 0 Å². The predicted octanol–water partition coefficient (Wildman–Crippen LogP) is 3.96. The molecule has 0 fully saturated rings. The number of nitrogens with zero attached hydrogens (tertiary/aromatic N) is 1. The molecule has 4 nitrogen and oxygen atoms in total. The van der Waals surface area contributed by atoms with Gasteiger partial charge in [0.25, 0.3) is 0 Å². The molecule has 2 rings (SSSR count).